The summed E-state index contributed by atoms with van der Waals surface area (Å²) in [5.41, 5.74) is -0.0642. The molecule has 142 valence electrons. The van der Waals surface area contributed by atoms with Gasteiger partial charge in [-0.15, -0.1) is 0 Å². The summed E-state index contributed by atoms with van der Waals surface area (Å²) < 4.78 is 1.95. The first-order chi connectivity index (χ1) is 13.2. The minimum atomic E-state index is -0.0642. The van der Waals surface area contributed by atoms with Gasteiger partial charge in [-0.05, 0) is 68.4 Å². The maximum Gasteiger partial charge on any atom is 0.226 e. The molecule has 0 aromatic carbocycles. The predicted octanol–water partition coefficient (Wildman–Crippen LogP) is 3.01. The van der Waals surface area contributed by atoms with Crippen LogP contribution in [0.4, 0.5) is 5.82 Å². The molecule has 4 saturated carbocycles. The van der Waals surface area contributed by atoms with Crippen LogP contribution in [0.25, 0.3) is 5.82 Å². The summed E-state index contributed by atoms with van der Waals surface area (Å²) in [6.07, 6.45) is 12.9. The van der Waals surface area contributed by atoms with Crippen molar-refractivity contribution in [2.24, 2.45) is 23.2 Å². The van der Waals surface area contributed by atoms with Gasteiger partial charge in [0.15, 0.2) is 0 Å². The Balaban J connectivity index is 1.14. The summed E-state index contributed by atoms with van der Waals surface area (Å²) in [6.45, 7) is 1.30. The summed E-state index contributed by atoms with van der Waals surface area (Å²) in [4.78, 5) is 21.5. The lowest BCUT2D eigenvalue weighted by Gasteiger charge is -2.55. The Kier molecular flexibility index (Phi) is 4.14. The van der Waals surface area contributed by atoms with E-state index >= 15 is 0 Å². The molecule has 0 aliphatic heterocycles. The molecule has 4 aliphatic carbocycles. The number of carbonyl (C=O) groups excluding carboxylic acids is 1. The zero-order valence-corrected chi connectivity index (χ0v) is 15.6. The van der Waals surface area contributed by atoms with E-state index in [2.05, 4.69) is 20.6 Å². The number of carbonyl (C=O) groups is 1. The monoisotopic (exact) mass is 365 g/mol. The van der Waals surface area contributed by atoms with Gasteiger partial charge in [0.2, 0.25) is 5.91 Å². The molecule has 6 nitrogen and oxygen atoms in total. The molecule has 0 radical (unpaired) electrons. The summed E-state index contributed by atoms with van der Waals surface area (Å²) in [6, 6.07) is 5.85. The Morgan fingerprint density at radius 3 is 2.37 bits per heavy atom. The molecule has 4 fully saturated rings. The third-order valence-electron chi connectivity index (χ3n) is 6.76. The topological polar surface area (TPSA) is 71.8 Å². The minimum absolute atomic E-state index is 0.0642. The van der Waals surface area contributed by atoms with E-state index in [4.69, 9.17) is 0 Å². The lowest BCUT2D eigenvalue weighted by atomic mass is 9.49. The van der Waals surface area contributed by atoms with Gasteiger partial charge < -0.3 is 15.2 Å². The number of aromatic nitrogens is 3. The molecule has 0 saturated heterocycles. The number of rotatable bonds is 6. The highest BCUT2D eigenvalue weighted by atomic mass is 16.2. The molecule has 2 aromatic rings. The summed E-state index contributed by atoms with van der Waals surface area (Å²) in [7, 11) is 0. The van der Waals surface area contributed by atoms with E-state index in [1.165, 1.54) is 19.3 Å². The first-order valence-corrected chi connectivity index (χ1v) is 10.2. The maximum atomic E-state index is 12.9. The van der Waals surface area contributed by atoms with Crippen LogP contribution in [0, 0.1) is 23.2 Å². The predicted molar refractivity (Wildman–Crippen MR) is 103 cm³/mol. The standard InChI is InChI=1S/C21H27N5O/c27-20(21-11-15-7-16(12-21)9-17(8-15)13-21)23-4-3-22-18-10-19(25-14-24-18)26-5-1-2-6-26/h1-2,5-6,10,14-17H,3-4,7-9,11-13H2,(H,23,27)(H,22,24,25). The van der Waals surface area contributed by atoms with Crippen molar-refractivity contribution in [3.63, 3.8) is 0 Å². The Labute approximate surface area is 159 Å². The number of nitrogens with one attached hydrogen (secondary N) is 2. The molecule has 6 rings (SSSR count). The van der Waals surface area contributed by atoms with Gasteiger partial charge >= 0.3 is 0 Å². The van der Waals surface area contributed by atoms with Crippen LogP contribution in [0.1, 0.15) is 38.5 Å². The molecule has 2 heterocycles. The fourth-order valence-electron chi connectivity index (χ4n) is 6.02. The van der Waals surface area contributed by atoms with Crippen molar-refractivity contribution in [1.29, 1.82) is 0 Å². The first-order valence-electron chi connectivity index (χ1n) is 10.2. The molecule has 4 aliphatic rings. The van der Waals surface area contributed by atoms with Gasteiger partial charge in [-0.1, -0.05) is 0 Å². The normalized spacial score (nSPS) is 31.0. The van der Waals surface area contributed by atoms with Crippen LogP contribution >= 0.6 is 0 Å². The van der Waals surface area contributed by atoms with Gasteiger partial charge in [0, 0.05) is 37.0 Å². The molecule has 1 amide bonds. The van der Waals surface area contributed by atoms with Gasteiger partial charge in [0.05, 0.1) is 0 Å². The average Bonchev–Trinajstić information content (AvgIpc) is 3.19. The Hall–Kier alpha value is -2.37. The van der Waals surface area contributed by atoms with E-state index in [0.29, 0.717) is 19.0 Å². The van der Waals surface area contributed by atoms with Crippen LogP contribution in [0.2, 0.25) is 0 Å². The van der Waals surface area contributed by atoms with E-state index in [1.807, 2.05) is 35.2 Å². The van der Waals surface area contributed by atoms with Crippen molar-refractivity contribution in [3.05, 3.63) is 36.9 Å². The SMILES string of the molecule is O=C(NCCNc1cc(-n2cccc2)ncn1)C12CC3CC(CC(C3)C1)C2. The second-order valence-corrected chi connectivity index (χ2v) is 8.73. The number of hydrogen-bond donors (Lipinski definition) is 2. The molecule has 0 spiro atoms. The largest absolute Gasteiger partial charge is 0.368 e. The number of hydrogen-bond acceptors (Lipinski definition) is 4. The van der Waals surface area contributed by atoms with Gasteiger partial charge in [-0.3, -0.25) is 4.79 Å². The van der Waals surface area contributed by atoms with Crippen molar-refractivity contribution < 1.29 is 4.79 Å². The lowest BCUT2D eigenvalue weighted by molar-refractivity contribution is -0.146. The molecule has 0 unspecified atom stereocenters. The maximum absolute atomic E-state index is 12.9. The molecule has 4 bridgehead atoms. The van der Waals surface area contributed by atoms with Crippen molar-refractivity contribution in [3.8, 4) is 5.82 Å². The molecule has 2 N–H and O–H groups in total. The molecule has 0 atom stereocenters. The van der Waals surface area contributed by atoms with E-state index in [-0.39, 0.29) is 5.41 Å². The van der Waals surface area contributed by atoms with Crippen molar-refractivity contribution in [2.75, 3.05) is 18.4 Å². The number of anilines is 1. The van der Waals surface area contributed by atoms with E-state index in [1.54, 1.807) is 6.33 Å². The molecule has 27 heavy (non-hydrogen) atoms. The Bertz CT molecular complexity index is 780. The van der Waals surface area contributed by atoms with Crippen LogP contribution in [0.15, 0.2) is 36.9 Å². The second kappa shape index (κ2) is 6.66. The first kappa shape index (κ1) is 16.8. The zero-order valence-electron chi connectivity index (χ0n) is 15.6. The highest BCUT2D eigenvalue weighted by molar-refractivity contribution is 5.83. The fourth-order valence-corrected chi connectivity index (χ4v) is 6.02. The summed E-state index contributed by atoms with van der Waals surface area (Å²) in [5.74, 6) is 4.29. The summed E-state index contributed by atoms with van der Waals surface area (Å²) >= 11 is 0. The van der Waals surface area contributed by atoms with Crippen LogP contribution in [0.5, 0.6) is 0 Å². The van der Waals surface area contributed by atoms with Gasteiger partial charge in [-0.25, -0.2) is 9.97 Å². The third-order valence-corrected chi connectivity index (χ3v) is 6.76. The number of nitrogens with zero attached hydrogens (tertiary/aromatic N) is 3. The molecule has 6 heteroatoms. The highest BCUT2D eigenvalue weighted by Gasteiger charge is 2.54. The van der Waals surface area contributed by atoms with Gasteiger partial charge in [0.1, 0.15) is 18.0 Å². The van der Waals surface area contributed by atoms with Crippen LogP contribution in [0.3, 0.4) is 0 Å². The Morgan fingerprint density at radius 1 is 1.04 bits per heavy atom. The van der Waals surface area contributed by atoms with E-state index in [0.717, 1.165) is 48.7 Å². The average molecular weight is 365 g/mol. The van der Waals surface area contributed by atoms with E-state index < -0.39 is 0 Å². The smallest absolute Gasteiger partial charge is 0.226 e. The molecular weight excluding hydrogens is 338 g/mol. The second-order valence-electron chi connectivity index (χ2n) is 8.73. The highest BCUT2D eigenvalue weighted by Crippen LogP contribution is 2.60. The van der Waals surface area contributed by atoms with Crippen LogP contribution < -0.4 is 10.6 Å². The van der Waals surface area contributed by atoms with Crippen molar-refractivity contribution >= 4 is 11.7 Å². The quantitative estimate of drug-likeness (QED) is 0.772. The molecule has 2 aromatic heterocycles. The van der Waals surface area contributed by atoms with Crippen molar-refractivity contribution in [1.82, 2.24) is 19.9 Å². The van der Waals surface area contributed by atoms with Gasteiger partial charge in [-0.2, -0.15) is 0 Å². The molecular formula is C21H27N5O. The Morgan fingerprint density at radius 2 is 1.70 bits per heavy atom. The fraction of sp³-hybridized carbons (Fsp3) is 0.571. The minimum Gasteiger partial charge on any atom is -0.368 e. The zero-order chi connectivity index (χ0) is 18.3. The summed E-state index contributed by atoms with van der Waals surface area (Å²) in [5, 5.41) is 6.50. The van der Waals surface area contributed by atoms with E-state index in [9.17, 15) is 4.79 Å². The van der Waals surface area contributed by atoms with Crippen LogP contribution in [-0.2, 0) is 4.79 Å². The third kappa shape index (κ3) is 3.22. The number of amides is 1. The van der Waals surface area contributed by atoms with Crippen LogP contribution in [-0.4, -0.2) is 33.5 Å². The van der Waals surface area contributed by atoms with Crippen molar-refractivity contribution in [2.45, 2.75) is 38.5 Å². The van der Waals surface area contributed by atoms with Gasteiger partial charge in [0.25, 0.3) is 0 Å². The lowest BCUT2D eigenvalue weighted by Crippen LogP contribution is -2.54.